The molecule has 0 spiro atoms. The maximum atomic E-state index is 13.4. The number of anilines is 2. The van der Waals surface area contributed by atoms with Crippen molar-refractivity contribution in [1.29, 1.82) is 0 Å². The highest BCUT2D eigenvalue weighted by Gasteiger charge is 2.33. The van der Waals surface area contributed by atoms with Gasteiger partial charge in [0.25, 0.3) is 5.91 Å². The number of rotatable bonds is 5. The van der Waals surface area contributed by atoms with Crippen LogP contribution in [0.3, 0.4) is 0 Å². The molecule has 0 saturated carbocycles. The Labute approximate surface area is 200 Å². The van der Waals surface area contributed by atoms with Crippen LogP contribution in [0.4, 0.5) is 29.3 Å². The molecule has 1 saturated heterocycles. The highest BCUT2D eigenvalue weighted by atomic mass is 32.2. The number of carbonyl (C=O) groups excluding carboxylic acids is 2. The number of halogens is 3. The minimum absolute atomic E-state index is 0.0793. The Bertz CT molecular complexity index is 1240. The molecule has 0 aromatic heterocycles. The summed E-state index contributed by atoms with van der Waals surface area (Å²) in [6.45, 7) is 5.52. The van der Waals surface area contributed by atoms with Crippen LogP contribution >= 0.6 is 0 Å². The third-order valence-corrected chi connectivity index (χ3v) is 6.54. The second-order valence-electron chi connectivity index (χ2n) is 8.99. The molecule has 1 fully saturated rings. The highest BCUT2D eigenvalue weighted by molar-refractivity contribution is 7.89. The average Bonchev–Trinajstić information content (AvgIpc) is 3.18. The summed E-state index contributed by atoms with van der Waals surface area (Å²) in [6.07, 6.45) is -0.230. The first-order valence-corrected chi connectivity index (χ1v) is 12.0. The zero-order valence-electron chi connectivity index (χ0n) is 19.2. The van der Waals surface area contributed by atoms with Crippen LogP contribution in [0, 0.1) is 17.5 Å². The maximum Gasteiger partial charge on any atom is 0.410 e. The molecule has 0 bridgehead atoms. The van der Waals surface area contributed by atoms with E-state index in [0.717, 1.165) is 6.07 Å². The number of nitrogens with one attached hydrogen (secondary N) is 2. The summed E-state index contributed by atoms with van der Waals surface area (Å²) in [7, 11) is -4.21. The van der Waals surface area contributed by atoms with Gasteiger partial charge in [-0.05, 0) is 45.4 Å². The lowest BCUT2D eigenvalue weighted by atomic mass is 10.2. The molecular formula is C22H25F3N4O5S. The number of nitrogen functional groups attached to an aromatic ring is 1. The number of sulfonamides is 1. The van der Waals surface area contributed by atoms with Gasteiger partial charge in [-0.3, -0.25) is 4.79 Å². The Morgan fingerprint density at radius 2 is 1.74 bits per heavy atom. The lowest BCUT2D eigenvalue weighted by Gasteiger charge is -2.24. The van der Waals surface area contributed by atoms with Gasteiger partial charge >= 0.3 is 6.09 Å². The van der Waals surface area contributed by atoms with Crippen molar-refractivity contribution < 1.29 is 35.9 Å². The van der Waals surface area contributed by atoms with Crippen LogP contribution in [-0.2, 0) is 14.8 Å². The highest BCUT2D eigenvalue weighted by Crippen LogP contribution is 2.24. The summed E-state index contributed by atoms with van der Waals surface area (Å²) in [5.74, 6) is -5.58. The Kier molecular flexibility index (Phi) is 7.31. The molecule has 3 rings (SSSR count). The molecule has 0 unspecified atom stereocenters. The molecule has 4 N–H and O–H groups in total. The summed E-state index contributed by atoms with van der Waals surface area (Å²) in [5.41, 5.74) is 4.45. The molecule has 2 amide bonds. The fraction of sp³-hybridized carbons (Fsp3) is 0.364. The first-order valence-electron chi connectivity index (χ1n) is 10.5. The third-order valence-electron chi connectivity index (χ3n) is 4.97. The minimum atomic E-state index is -4.21. The Hall–Kier alpha value is -3.32. The second-order valence-corrected chi connectivity index (χ2v) is 10.7. The molecule has 2 aromatic carbocycles. The molecule has 2 aromatic rings. The van der Waals surface area contributed by atoms with Crippen LogP contribution in [0.5, 0.6) is 0 Å². The number of hydrogen-bond donors (Lipinski definition) is 3. The lowest BCUT2D eigenvalue weighted by molar-refractivity contribution is 0.0291. The van der Waals surface area contributed by atoms with Gasteiger partial charge in [-0.2, -0.15) is 0 Å². The molecule has 35 heavy (non-hydrogen) atoms. The van der Waals surface area contributed by atoms with E-state index in [1.807, 2.05) is 0 Å². The Morgan fingerprint density at radius 3 is 2.34 bits per heavy atom. The predicted octanol–water partition coefficient (Wildman–Crippen LogP) is 3.23. The molecule has 13 heteroatoms. The zero-order valence-corrected chi connectivity index (χ0v) is 20.0. The van der Waals surface area contributed by atoms with Crippen molar-refractivity contribution in [3.05, 3.63) is 53.3 Å². The van der Waals surface area contributed by atoms with Gasteiger partial charge in [0.05, 0.1) is 5.69 Å². The quantitative estimate of drug-likeness (QED) is 0.415. The smallest absolute Gasteiger partial charge is 0.410 e. The number of carbonyl (C=O) groups is 2. The van der Waals surface area contributed by atoms with Crippen LogP contribution in [-0.4, -0.2) is 50.1 Å². The molecule has 1 heterocycles. The van der Waals surface area contributed by atoms with Crippen molar-refractivity contribution in [1.82, 2.24) is 9.62 Å². The van der Waals surface area contributed by atoms with Crippen LogP contribution < -0.4 is 15.8 Å². The number of nitrogens with zero attached hydrogens (tertiary/aromatic N) is 1. The largest absolute Gasteiger partial charge is 0.444 e. The average molecular weight is 515 g/mol. The Balaban J connectivity index is 1.74. The van der Waals surface area contributed by atoms with Gasteiger partial charge in [-0.1, -0.05) is 0 Å². The third kappa shape index (κ3) is 6.42. The lowest BCUT2D eigenvalue weighted by Crippen LogP contribution is -2.40. The fourth-order valence-electron chi connectivity index (χ4n) is 3.37. The van der Waals surface area contributed by atoms with E-state index in [4.69, 9.17) is 10.5 Å². The summed E-state index contributed by atoms with van der Waals surface area (Å²) < 4.78 is 73.7. The van der Waals surface area contributed by atoms with Crippen molar-refractivity contribution in [3.8, 4) is 0 Å². The SMILES string of the molecule is CC(C)(C)OC(=O)N1CC[C@H](NS(=O)(=O)c2cc(C(=O)Nc3cc(F)c(F)c(F)c3)ccc2N)C1. The summed E-state index contributed by atoms with van der Waals surface area (Å²) in [6, 6.07) is 3.97. The van der Waals surface area contributed by atoms with E-state index >= 15 is 0 Å². The second kappa shape index (κ2) is 9.74. The van der Waals surface area contributed by atoms with Gasteiger partial charge in [0.15, 0.2) is 17.5 Å². The number of benzene rings is 2. The van der Waals surface area contributed by atoms with Crippen LogP contribution in [0.1, 0.15) is 37.6 Å². The number of nitrogens with two attached hydrogens (primary N) is 1. The normalized spacial score (nSPS) is 16.3. The molecule has 9 nitrogen and oxygen atoms in total. The van der Waals surface area contributed by atoms with Crippen molar-refractivity contribution >= 4 is 33.4 Å². The van der Waals surface area contributed by atoms with Crippen LogP contribution in [0.2, 0.25) is 0 Å². The number of likely N-dealkylation sites (tertiary alicyclic amines) is 1. The molecule has 0 aliphatic carbocycles. The summed E-state index contributed by atoms with van der Waals surface area (Å²) in [5, 5.41) is 2.18. The molecule has 1 atom stereocenters. The standard InChI is InChI=1S/C22H25F3N4O5S/c1-22(2,3)34-21(31)29-7-6-13(11-29)28-35(32,33)18-8-12(4-5-17(18)26)20(30)27-14-9-15(23)19(25)16(24)10-14/h4-5,8-10,13,28H,6-7,11,26H2,1-3H3,(H,27,30)/t13-/m0/s1. The van der Waals surface area contributed by atoms with E-state index < -0.39 is 56.0 Å². The van der Waals surface area contributed by atoms with Crippen molar-refractivity contribution in [3.63, 3.8) is 0 Å². The van der Waals surface area contributed by atoms with Gasteiger partial charge in [0.2, 0.25) is 10.0 Å². The van der Waals surface area contributed by atoms with E-state index in [0.29, 0.717) is 18.6 Å². The topological polar surface area (TPSA) is 131 Å². The van der Waals surface area contributed by atoms with Gasteiger partial charge in [-0.25, -0.2) is 31.1 Å². The number of amides is 2. The fourth-order valence-corrected chi connectivity index (χ4v) is 4.79. The predicted molar refractivity (Wildman–Crippen MR) is 122 cm³/mol. The van der Waals surface area contributed by atoms with Crippen molar-refractivity contribution in [2.24, 2.45) is 0 Å². The van der Waals surface area contributed by atoms with E-state index in [9.17, 15) is 31.2 Å². The van der Waals surface area contributed by atoms with Crippen LogP contribution in [0.25, 0.3) is 0 Å². The first-order chi connectivity index (χ1) is 16.2. The molecule has 0 radical (unpaired) electrons. The van der Waals surface area contributed by atoms with Crippen molar-refractivity contribution in [2.45, 2.75) is 43.7 Å². The first kappa shape index (κ1) is 26.3. The zero-order chi connectivity index (χ0) is 26.1. The van der Waals surface area contributed by atoms with E-state index in [2.05, 4.69) is 10.0 Å². The summed E-state index contributed by atoms with van der Waals surface area (Å²) >= 11 is 0. The molecular weight excluding hydrogens is 489 g/mol. The number of ether oxygens (including phenoxy) is 1. The minimum Gasteiger partial charge on any atom is -0.444 e. The van der Waals surface area contributed by atoms with Gasteiger partial charge in [0, 0.05) is 42.5 Å². The monoisotopic (exact) mass is 514 g/mol. The van der Waals surface area contributed by atoms with Gasteiger partial charge in [0.1, 0.15) is 10.5 Å². The van der Waals surface area contributed by atoms with Gasteiger partial charge < -0.3 is 20.7 Å². The van der Waals surface area contributed by atoms with E-state index in [1.165, 1.54) is 17.0 Å². The van der Waals surface area contributed by atoms with Gasteiger partial charge in [-0.15, -0.1) is 0 Å². The maximum absolute atomic E-state index is 13.4. The van der Waals surface area contributed by atoms with E-state index in [1.54, 1.807) is 20.8 Å². The molecule has 1 aliphatic heterocycles. The van der Waals surface area contributed by atoms with E-state index in [-0.39, 0.29) is 30.0 Å². The number of hydrogen-bond acceptors (Lipinski definition) is 6. The molecule has 1 aliphatic rings. The summed E-state index contributed by atoms with van der Waals surface area (Å²) in [4.78, 5) is 25.7. The Morgan fingerprint density at radius 1 is 1.11 bits per heavy atom. The van der Waals surface area contributed by atoms with Crippen molar-refractivity contribution in [2.75, 3.05) is 24.1 Å². The molecule has 190 valence electrons. The van der Waals surface area contributed by atoms with Crippen LogP contribution in [0.15, 0.2) is 35.2 Å².